The third-order valence-electron chi connectivity index (χ3n) is 3.62. The predicted octanol–water partition coefficient (Wildman–Crippen LogP) is 2.16. The summed E-state index contributed by atoms with van der Waals surface area (Å²) < 4.78 is 30.4. The average Bonchev–Trinajstić information content (AvgIpc) is 3.03. The molecular weight excluding hydrogens is 354 g/mol. The zero-order chi connectivity index (χ0) is 17.7. The molecule has 0 saturated heterocycles. The molecule has 1 fully saturated rings. The molecule has 2 rings (SSSR count). The standard InChI is InChI=1S/C15H20ClN3O4S/c1-23-14-8-7-11(16)9-13(14)19(24(2,21)22)10-15(20)18-17-12-5-3-4-6-12/h7-9H,3-6,10H2,1-2H3,(H,18,20). The maximum absolute atomic E-state index is 12.1. The molecule has 1 amide bonds. The van der Waals surface area contributed by atoms with Gasteiger partial charge in [-0.05, 0) is 43.9 Å². The number of benzene rings is 1. The molecule has 1 aromatic carbocycles. The van der Waals surface area contributed by atoms with E-state index in [0.29, 0.717) is 10.8 Å². The second-order valence-electron chi connectivity index (χ2n) is 5.51. The molecule has 0 aromatic heterocycles. The minimum absolute atomic E-state index is 0.205. The van der Waals surface area contributed by atoms with Crippen molar-refractivity contribution in [3.05, 3.63) is 23.2 Å². The number of nitrogens with zero attached hydrogens (tertiary/aromatic N) is 2. The molecule has 132 valence electrons. The van der Waals surface area contributed by atoms with Gasteiger partial charge in [0.1, 0.15) is 12.3 Å². The van der Waals surface area contributed by atoms with Gasteiger partial charge in [-0.1, -0.05) is 11.6 Å². The van der Waals surface area contributed by atoms with Crippen LogP contribution < -0.4 is 14.5 Å². The molecule has 0 aliphatic heterocycles. The lowest BCUT2D eigenvalue weighted by atomic mass is 10.3. The number of anilines is 1. The predicted molar refractivity (Wildman–Crippen MR) is 94.2 cm³/mol. The van der Waals surface area contributed by atoms with Crippen molar-refractivity contribution in [2.24, 2.45) is 5.10 Å². The second-order valence-corrected chi connectivity index (χ2v) is 7.85. The molecule has 0 radical (unpaired) electrons. The fourth-order valence-electron chi connectivity index (χ4n) is 2.44. The van der Waals surface area contributed by atoms with Gasteiger partial charge in [0, 0.05) is 10.7 Å². The van der Waals surface area contributed by atoms with Gasteiger partial charge in [0.05, 0.1) is 19.1 Å². The lowest BCUT2D eigenvalue weighted by Gasteiger charge is -2.23. The van der Waals surface area contributed by atoms with Crippen LogP contribution in [0.5, 0.6) is 5.75 Å². The van der Waals surface area contributed by atoms with Gasteiger partial charge in [0.25, 0.3) is 5.91 Å². The van der Waals surface area contributed by atoms with E-state index in [4.69, 9.17) is 16.3 Å². The highest BCUT2D eigenvalue weighted by atomic mass is 35.5. The van der Waals surface area contributed by atoms with Crippen molar-refractivity contribution >= 4 is 38.9 Å². The van der Waals surface area contributed by atoms with E-state index in [0.717, 1.165) is 42.0 Å². The van der Waals surface area contributed by atoms with Gasteiger partial charge < -0.3 is 4.74 Å². The van der Waals surface area contributed by atoms with Crippen molar-refractivity contribution in [1.29, 1.82) is 0 Å². The van der Waals surface area contributed by atoms with Gasteiger partial charge in [-0.3, -0.25) is 9.10 Å². The maximum atomic E-state index is 12.1. The molecule has 0 spiro atoms. The molecule has 1 saturated carbocycles. The van der Waals surface area contributed by atoms with Crippen LogP contribution >= 0.6 is 11.6 Å². The Bertz CT molecular complexity index is 741. The summed E-state index contributed by atoms with van der Waals surface area (Å²) in [5.74, 6) is -0.221. The minimum atomic E-state index is -3.71. The highest BCUT2D eigenvalue weighted by Crippen LogP contribution is 2.32. The lowest BCUT2D eigenvalue weighted by Crippen LogP contribution is -2.39. The van der Waals surface area contributed by atoms with Crippen LogP contribution in [0.15, 0.2) is 23.3 Å². The molecule has 0 heterocycles. The Morgan fingerprint density at radius 2 is 2.04 bits per heavy atom. The number of hydrogen-bond acceptors (Lipinski definition) is 5. The van der Waals surface area contributed by atoms with Crippen LogP contribution in [0, 0.1) is 0 Å². The number of halogens is 1. The molecule has 7 nitrogen and oxygen atoms in total. The van der Waals surface area contributed by atoms with E-state index >= 15 is 0 Å². The van der Waals surface area contributed by atoms with Crippen molar-refractivity contribution in [1.82, 2.24) is 5.43 Å². The fourth-order valence-corrected chi connectivity index (χ4v) is 3.46. The molecule has 1 N–H and O–H groups in total. The number of ether oxygens (including phenoxy) is 1. The molecule has 0 atom stereocenters. The number of sulfonamides is 1. The normalized spacial score (nSPS) is 14.4. The Balaban J connectivity index is 2.22. The quantitative estimate of drug-likeness (QED) is 0.774. The zero-order valence-corrected chi connectivity index (χ0v) is 15.2. The number of amides is 1. The number of hydrazone groups is 1. The van der Waals surface area contributed by atoms with E-state index in [1.165, 1.54) is 13.2 Å². The summed E-state index contributed by atoms with van der Waals surface area (Å²) >= 11 is 5.95. The fraction of sp³-hybridized carbons (Fsp3) is 0.467. The smallest absolute Gasteiger partial charge is 0.260 e. The Morgan fingerprint density at radius 1 is 1.38 bits per heavy atom. The summed E-state index contributed by atoms with van der Waals surface area (Å²) in [7, 11) is -2.30. The Hall–Kier alpha value is -1.80. The largest absolute Gasteiger partial charge is 0.495 e. The van der Waals surface area contributed by atoms with Crippen molar-refractivity contribution < 1.29 is 17.9 Å². The first-order valence-electron chi connectivity index (χ1n) is 7.47. The van der Waals surface area contributed by atoms with Gasteiger partial charge in [0.2, 0.25) is 10.0 Å². The van der Waals surface area contributed by atoms with Crippen LogP contribution in [0.2, 0.25) is 5.02 Å². The number of nitrogens with one attached hydrogen (secondary N) is 1. The number of carbonyl (C=O) groups is 1. The third kappa shape index (κ3) is 4.85. The van der Waals surface area contributed by atoms with E-state index in [2.05, 4.69) is 10.5 Å². The highest BCUT2D eigenvalue weighted by Gasteiger charge is 2.24. The number of hydrogen-bond donors (Lipinski definition) is 1. The number of rotatable bonds is 6. The summed E-state index contributed by atoms with van der Waals surface area (Å²) in [6.07, 6.45) is 4.85. The van der Waals surface area contributed by atoms with Crippen molar-refractivity contribution in [2.75, 3.05) is 24.2 Å². The summed E-state index contributed by atoms with van der Waals surface area (Å²) in [6.45, 7) is -0.410. The number of methoxy groups -OCH3 is 1. The molecule has 1 aliphatic rings. The Morgan fingerprint density at radius 3 is 2.62 bits per heavy atom. The minimum Gasteiger partial charge on any atom is -0.495 e. The summed E-state index contributed by atoms with van der Waals surface area (Å²) in [4.78, 5) is 12.1. The first-order valence-corrected chi connectivity index (χ1v) is 9.69. The van der Waals surface area contributed by atoms with E-state index in [9.17, 15) is 13.2 Å². The van der Waals surface area contributed by atoms with Crippen LogP contribution in [-0.2, 0) is 14.8 Å². The third-order valence-corrected chi connectivity index (χ3v) is 4.98. The van der Waals surface area contributed by atoms with Gasteiger partial charge in [-0.15, -0.1) is 0 Å². The molecule has 0 unspecified atom stereocenters. The van der Waals surface area contributed by atoms with Crippen LogP contribution in [0.4, 0.5) is 5.69 Å². The average molecular weight is 374 g/mol. The van der Waals surface area contributed by atoms with E-state index in [1.54, 1.807) is 12.1 Å². The van der Waals surface area contributed by atoms with Crippen LogP contribution in [0.25, 0.3) is 0 Å². The van der Waals surface area contributed by atoms with Crippen LogP contribution in [0.3, 0.4) is 0 Å². The molecule has 9 heteroatoms. The molecule has 24 heavy (non-hydrogen) atoms. The maximum Gasteiger partial charge on any atom is 0.260 e. The highest BCUT2D eigenvalue weighted by molar-refractivity contribution is 7.92. The Kier molecular flexibility index (Phi) is 6.06. The van der Waals surface area contributed by atoms with Crippen LogP contribution in [0.1, 0.15) is 25.7 Å². The molecule has 0 bridgehead atoms. The molecule has 1 aromatic rings. The second kappa shape index (κ2) is 7.85. The summed E-state index contributed by atoms with van der Waals surface area (Å²) in [6, 6.07) is 4.57. The van der Waals surface area contributed by atoms with Gasteiger partial charge in [0.15, 0.2) is 0 Å². The lowest BCUT2D eigenvalue weighted by molar-refractivity contribution is -0.119. The molecular formula is C15H20ClN3O4S. The van der Waals surface area contributed by atoms with E-state index in [1.807, 2.05) is 0 Å². The first-order chi connectivity index (χ1) is 11.3. The van der Waals surface area contributed by atoms with Crippen molar-refractivity contribution in [3.8, 4) is 5.75 Å². The van der Waals surface area contributed by atoms with Crippen molar-refractivity contribution in [2.45, 2.75) is 25.7 Å². The van der Waals surface area contributed by atoms with E-state index in [-0.39, 0.29) is 5.69 Å². The van der Waals surface area contributed by atoms with E-state index < -0.39 is 22.5 Å². The first kappa shape index (κ1) is 18.5. The zero-order valence-electron chi connectivity index (χ0n) is 13.6. The summed E-state index contributed by atoms with van der Waals surface area (Å²) in [5, 5.41) is 4.39. The number of carbonyl (C=O) groups excluding carboxylic acids is 1. The van der Waals surface area contributed by atoms with Crippen molar-refractivity contribution in [3.63, 3.8) is 0 Å². The van der Waals surface area contributed by atoms with Gasteiger partial charge in [-0.2, -0.15) is 5.10 Å². The molecule has 1 aliphatic carbocycles. The van der Waals surface area contributed by atoms with Gasteiger partial charge in [-0.25, -0.2) is 13.8 Å². The van der Waals surface area contributed by atoms with Crippen LogP contribution in [-0.4, -0.2) is 39.9 Å². The Labute approximate surface area is 146 Å². The van der Waals surface area contributed by atoms with Gasteiger partial charge >= 0.3 is 0 Å². The monoisotopic (exact) mass is 373 g/mol. The SMILES string of the molecule is COc1ccc(Cl)cc1N(CC(=O)NN=C1CCCC1)S(C)(=O)=O. The summed E-state index contributed by atoms with van der Waals surface area (Å²) in [5.41, 5.74) is 3.55. The topological polar surface area (TPSA) is 88.1 Å².